The van der Waals surface area contributed by atoms with Crippen molar-refractivity contribution in [2.45, 2.75) is 6.36 Å². The molecule has 0 aliphatic rings. The molecule has 9 heteroatoms. The Labute approximate surface area is 138 Å². The van der Waals surface area contributed by atoms with Crippen LogP contribution in [-0.4, -0.2) is 22.2 Å². The van der Waals surface area contributed by atoms with Gasteiger partial charge >= 0.3 is 12.0 Å². The third-order valence-electron chi connectivity index (χ3n) is 3.00. The fourth-order valence-corrected chi connectivity index (χ4v) is 1.88. The number of phenolic OH excluding ortho intramolecular Hbond substituents is 1. The van der Waals surface area contributed by atoms with Crippen molar-refractivity contribution in [3.8, 4) is 11.5 Å². The maximum atomic E-state index is 12.1. The van der Waals surface area contributed by atoms with E-state index in [1.807, 2.05) is 0 Å². The number of carbonyl (C=O) groups is 1. The van der Waals surface area contributed by atoms with Crippen molar-refractivity contribution in [1.82, 2.24) is 0 Å². The van der Waals surface area contributed by atoms with E-state index in [0.717, 1.165) is 42.5 Å². The summed E-state index contributed by atoms with van der Waals surface area (Å²) in [5.74, 6) is -1.48. The van der Waals surface area contributed by atoms with Crippen LogP contribution >= 0.6 is 0 Å². The van der Waals surface area contributed by atoms with E-state index in [4.69, 9.17) is 0 Å². The van der Waals surface area contributed by atoms with Gasteiger partial charge in [0.15, 0.2) is 11.5 Å². The lowest BCUT2D eigenvalue weighted by Crippen LogP contribution is -2.17. The van der Waals surface area contributed by atoms with Crippen molar-refractivity contribution >= 4 is 17.5 Å². The Kier molecular flexibility index (Phi) is 5.06. The number of nitrogens with zero attached hydrogens (tertiary/aromatic N) is 1. The van der Waals surface area contributed by atoms with Crippen LogP contribution in [0.2, 0.25) is 0 Å². The number of phenols is 1. The first-order valence-electron chi connectivity index (χ1n) is 6.71. The maximum Gasteiger partial charge on any atom is 0.573 e. The highest BCUT2D eigenvalue weighted by molar-refractivity contribution is 6.06. The minimum Gasteiger partial charge on any atom is -0.502 e. The molecular formula is C16H10F3NO5. The number of halogens is 3. The second-order valence-corrected chi connectivity index (χ2v) is 4.78. The zero-order valence-corrected chi connectivity index (χ0v) is 12.4. The number of nitro benzene ring substituents is 1. The van der Waals surface area contributed by atoms with Gasteiger partial charge in [-0.2, -0.15) is 0 Å². The average Bonchev–Trinajstić information content (AvgIpc) is 2.52. The number of hydrogen-bond acceptors (Lipinski definition) is 5. The first-order valence-corrected chi connectivity index (χ1v) is 6.71. The Morgan fingerprint density at radius 3 is 2.36 bits per heavy atom. The van der Waals surface area contributed by atoms with Crippen LogP contribution in [0.1, 0.15) is 15.9 Å². The molecule has 6 nitrogen and oxygen atoms in total. The molecule has 0 bridgehead atoms. The Morgan fingerprint density at radius 1 is 1.16 bits per heavy atom. The van der Waals surface area contributed by atoms with E-state index in [2.05, 4.69) is 4.74 Å². The van der Waals surface area contributed by atoms with Crippen LogP contribution in [0.3, 0.4) is 0 Å². The first-order chi connectivity index (χ1) is 11.7. The molecule has 0 heterocycles. The van der Waals surface area contributed by atoms with Crippen LogP contribution in [0.5, 0.6) is 11.5 Å². The molecule has 2 rings (SSSR count). The van der Waals surface area contributed by atoms with E-state index in [1.54, 1.807) is 0 Å². The van der Waals surface area contributed by atoms with Gasteiger partial charge in [0.05, 0.1) is 4.92 Å². The van der Waals surface area contributed by atoms with Crippen LogP contribution in [0.25, 0.3) is 6.08 Å². The van der Waals surface area contributed by atoms with E-state index in [9.17, 15) is 33.2 Å². The summed E-state index contributed by atoms with van der Waals surface area (Å²) >= 11 is 0. The molecule has 2 aromatic carbocycles. The van der Waals surface area contributed by atoms with Crippen LogP contribution in [-0.2, 0) is 0 Å². The molecule has 0 atom stereocenters. The maximum absolute atomic E-state index is 12.1. The number of ketones is 1. The lowest BCUT2D eigenvalue weighted by molar-refractivity contribution is -0.385. The number of hydrogen-bond donors (Lipinski definition) is 1. The smallest absolute Gasteiger partial charge is 0.502 e. The van der Waals surface area contributed by atoms with Gasteiger partial charge in [0, 0.05) is 11.6 Å². The highest BCUT2D eigenvalue weighted by Crippen LogP contribution is 2.27. The number of alkyl halides is 3. The van der Waals surface area contributed by atoms with Crippen molar-refractivity contribution < 1.29 is 32.7 Å². The third-order valence-corrected chi connectivity index (χ3v) is 3.00. The quantitative estimate of drug-likeness (QED) is 0.378. The molecular weight excluding hydrogens is 343 g/mol. The number of benzene rings is 2. The molecule has 0 aromatic heterocycles. The topological polar surface area (TPSA) is 89.7 Å². The molecule has 0 radical (unpaired) electrons. The van der Waals surface area contributed by atoms with Gasteiger partial charge in [-0.3, -0.25) is 14.9 Å². The molecule has 130 valence electrons. The molecule has 2 aromatic rings. The molecule has 0 fully saturated rings. The van der Waals surface area contributed by atoms with Gasteiger partial charge in [0.2, 0.25) is 0 Å². The second kappa shape index (κ2) is 7.04. The second-order valence-electron chi connectivity index (χ2n) is 4.78. The first kappa shape index (κ1) is 18.0. The van der Waals surface area contributed by atoms with Crippen molar-refractivity contribution in [2.75, 3.05) is 0 Å². The van der Waals surface area contributed by atoms with Gasteiger partial charge in [-0.05, 0) is 42.0 Å². The lowest BCUT2D eigenvalue weighted by Gasteiger charge is -2.08. The van der Waals surface area contributed by atoms with E-state index in [-0.39, 0.29) is 5.56 Å². The average molecular weight is 353 g/mol. The van der Waals surface area contributed by atoms with Gasteiger partial charge in [-0.25, -0.2) is 0 Å². The van der Waals surface area contributed by atoms with Crippen LogP contribution in [0.15, 0.2) is 48.5 Å². The summed E-state index contributed by atoms with van der Waals surface area (Å²) < 4.78 is 39.9. The summed E-state index contributed by atoms with van der Waals surface area (Å²) in [5, 5.41) is 20.1. The minimum absolute atomic E-state index is 0.110. The van der Waals surface area contributed by atoms with Gasteiger partial charge in [0.1, 0.15) is 5.75 Å². The summed E-state index contributed by atoms with van der Waals surface area (Å²) in [4.78, 5) is 21.9. The Morgan fingerprint density at radius 2 is 1.80 bits per heavy atom. The Balaban J connectivity index is 2.13. The van der Waals surface area contributed by atoms with E-state index in [1.165, 1.54) is 12.1 Å². The molecule has 0 amide bonds. The van der Waals surface area contributed by atoms with Gasteiger partial charge < -0.3 is 9.84 Å². The monoisotopic (exact) mass is 353 g/mol. The summed E-state index contributed by atoms with van der Waals surface area (Å²) in [7, 11) is 0. The predicted molar refractivity (Wildman–Crippen MR) is 81.3 cm³/mol. The minimum atomic E-state index is -4.82. The molecule has 1 N–H and O–H groups in total. The van der Waals surface area contributed by atoms with Gasteiger partial charge in [0.25, 0.3) is 0 Å². The van der Waals surface area contributed by atoms with Crippen LogP contribution < -0.4 is 4.74 Å². The highest BCUT2D eigenvalue weighted by Gasteiger charge is 2.31. The lowest BCUT2D eigenvalue weighted by atomic mass is 10.1. The van der Waals surface area contributed by atoms with Crippen molar-refractivity contribution in [2.24, 2.45) is 0 Å². The zero-order chi connectivity index (χ0) is 18.6. The molecule has 0 saturated heterocycles. The van der Waals surface area contributed by atoms with Crippen molar-refractivity contribution in [3.63, 3.8) is 0 Å². The number of rotatable bonds is 5. The molecule has 0 aliphatic carbocycles. The van der Waals surface area contributed by atoms with E-state index >= 15 is 0 Å². The fraction of sp³-hybridized carbons (Fsp3) is 0.0625. The highest BCUT2D eigenvalue weighted by atomic mass is 19.4. The Bertz CT molecular complexity index is 829. The largest absolute Gasteiger partial charge is 0.573 e. The molecule has 0 spiro atoms. The third kappa shape index (κ3) is 5.06. The van der Waals surface area contributed by atoms with Crippen molar-refractivity contribution in [3.05, 3.63) is 69.8 Å². The summed E-state index contributed by atoms with van der Waals surface area (Å²) in [6, 6.07) is 7.89. The molecule has 0 unspecified atom stereocenters. The SMILES string of the molecule is O=C(/C=C/c1ccc(O)c([N+](=O)[O-])c1)c1ccc(OC(F)(F)F)cc1. The standard InChI is InChI=1S/C16H10F3NO5/c17-16(18,19)25-12-5-3-11(4-6-12)14(21)7-1-10-2-8-15(22)13(9-10)20(23)24/h1-9,22H/b7-1+. The summed E-state index contributed by atoms with van der Waals surface area (Å²) in [5.41, 5.74) is -0.0998. The fourth-order valence-electron chi connectivity index (χ4n) is 1.88. The zero-order valence-electron chi connectivity index (χ0n) is 12.4. The Hall–Kier alpha value is -3.36. The predicted octanol–water partition coefficient (Wildman–Crippen LogP) is 4.10. The molecule has 0 aliphatic heterocycles. The number of allylic oxidation sites excluding steroid dienone is 1. The number of aromatic hydroxyl groups is 1. The van der Waals surface area contributed by atoms with Gasteiger partial charge in [-0.15, -0.1) is 13.2 Å². The summed E-state index contributed by atoms with van der Waals surface area (Å²) in [6.45, 7) is 0. The number of ether oxygens (including phenoxy) is 1. The molecule has 25 heavy (non-hydrogen) atoms. The van der Waals surface area contributed by atoms with Crippen LogP contribution in [0.4, 0.5) is 18.9 Å². The van der Waals surface area contributed by atoms with Crippen molar-refractivity contribution in [1.29, 1.82) is 0 Å². The number of nitro groups is 1. The number of carbonyl (C=O) groups excluding carboxylic acids is 1. The van der Waals surface area contributed by atoms with E-state index in [0.29, 0.717) is 5.56 Å². The van der Waals surface area contributed by atoms with E-state index < -0.39 is 34.3 Å². The van der Waals surface area contributed by atoms with Crippen LogP contribution in [0, 0.1) is 10.1 Å². The summed E-state index contributed by atoms with van der Waals surface area (Å²) in [6.07, 6.45) is -2.43. The van der Waals surface area contributed by atoms with Gasteiger partial charge in [-0.1, -0.05) is 12.1 Å². The molecule has 0 saturated carbocycles. The normalized spacial score (nSPS) is 11.5.